The molecule has 0 aromatic heterocycles. The van der Waals surface area contributed by atoms with Crippen LogP contribution < -0.4 is 4.72 Å². The molecular weight excluding hydrogens is 114 g/mol. The molecule has 0 saturated heterocycles. The highest BCUT2D eigenvalue weighted by Crippen LogP contribution is 1.67. The van der Waals surface area contributed by atoms with E-state index in [2.05, 4.69) is 12.4 Å². The van der Waals surface area contributed by atoms with Gasteiger partial charge in [-0.1, -0.05) is 6.58 Å². The van der Waals surface area contributed by atoms with Crippen molar-refractivity contribution in [3.8, 4) is 0 Å². The monoisotopic (exact) mass is 120 g/mol. The first-order valence-corrected chi connectivity index (χ1v) is 3.18. The van der Waals surface area contributed by atoms with Crippen molar-refractivity contribution in [2.75, 3.05) is 0 Å². The molecule has 0 aromatic rings. The van der Waals surface area contributed by atoms with Gasteiger partial charge in [0.25, 0.3) is 0 Å². The normalized spacial score (nSPS) is 17.3. The summed E-state index contributed by atoms with van der Waals surface area (Å²) in [7, 11) is -3.29. The molecule has 0 aliphatic carbocycles. The first kappa shape index (κ1) is 6.52. The van der Waals surface area contributed by atoms with E-state index in [9.17, 15) is 8.76 Å². The Morgan fingerprint density at radius 2 is 2.29 bits per heavy atom. The van der Waals surface area contributed by atoms with Crippen LogP contribution in [0.15, 0.2) is 12.8 Å². The fourth-order valence-corrected chi connectivity index (χ4v) is 0.381. The maximum Gasteiger partial charge on any atom is 0.000735 e. The van der Waals surface area contributed by atoms with E-state index in [4.69, 9.17) is 0 Å². The van der Waals surface area contributed by atoms with E-state index in [0.717, 1.165) is 6.20 Å². The molecule has 0 fully saturated rings. The predicted molar refractivity (Wildman–Crippen MR) is 29.4 cm³/mol. The molecule has 0 rings (SSSR count). The fourth-order valence-electron chi connectivity index (χ4n) is 0.127. The third-order valence-corrected chi connectivity index (χ3v) is 0.789. The van der Waals surface area contributed by atoms with Crippen LogP contribution in [0.5, 0.6) is 0 Å². The van der Waals surface area contributed by atoms with Crippen LogP contribution in [0.25, 0.3) is 0 Å². The molecule has 0 spiro atoms. The van der Waals surface area contributed by atoms with Crippen LogP contribution in [0.4, 0.5) is 0 Å². The van der Waals surface area contributed by atoms with Crippen LogP contribution in [0.2, 0.25) is 0 Å². The zero-order valence-electron chi connectivity index (χ0n) is 3.72. The maximum absolute atomic E-state index is 9.94. The molecule has 3 nitrogen and oxygen atoms in total. The van der Waals surface area contributed by atoms with Crippen molar-refractivity contribution in [1.29, 1.82) is 0 Å². The van der Waals surface area contributed by atoms with E-state index in [-0.39, 0.29) is 0 Å². The van der Waals surface area contributed by atoms with Crippen molar-refractivity contribution in [2.45, 2.75) is 0 Å². The van der Waals surface area contributed by atoms with Crippen LogP contribution in [0.1, 0.15) is 0 Å². The minimum Gasteiger partial charge on any atom is -0.762 e. The summed E-state index contributed by atoms with van der Waals surface area (Å²) in [6, 6.07) is 0. The summed E-state index contributed by atoms with van der Waals surface area (Å²) >= 11 is 0. The Morgan fingerprint density at radius 3 is 2.29 bits per heavy atom. The zero-order valence-corrected chi connectivity index (χ0v) is 4.53. The summed E-state index contributed by atoms with van der Waals surface area (Å²) in [6.07, 6.45) is 1.06. The third-order valence-electron chi connectivity index (χ3n) is 0.263. The lowest BCUT2D eigenvalue weighted by molar-refractivity contribution is 0.527. The topological polar surface area (TPSA) is 52.2 Å². The first-order chi connectivity index (χ1) is 3.06. The van der Waals surface area contributed by atoms with E-state index in [1.807, 2.05) is 4.72 Å². The molecule has 1 atom stereocenters. The van der Waals surface area contributed by atoms with Crippen LogP contribution in [0.3, 0.4) is 0 Å². The molecule has 0 aliphatic rings. The van der Waals surface area contributed by atoms with E-state index < -0.39 is 9.99 Å². The van der Waals surface area contributed by atoms with Crippen LogP contribution >= 0.6 is 0 Å². The summed E-state index contributed by atoms with van der Waals surface area (Å²) < 4.78 is 21.8. The summed E-state index contributed by atoms with van der Waals surface area (Å²) in [5.74, 6) is 2.75. The summed E-state index contributed by atoms with van der Waals surface area (Å²) in [5.41, 5.74) is 0. The van der Waals surface area contributed by atoms with Crippen molar-refractivity contribution in [3.63, 3.8) is 0 Å². The lowest BCUT2D eigenvalue weighted by Gasteiger charge is -2.10. The molecule has 1 N–H and O–H groups in total. The molecule has 0 amide bonds. The molecule has 0 saturated carbocycles. The molecule has 1 unspecified atom stereocenters. The Morgan fingerprint density at radius 1 is 1.86 bits per heavy atom. The lowest BCUT2D eigenvalue weighted by Crippen LogP contribution is -2.14. The Balaban J connectivity index is 3.84. The molecule has 42 valence electrons. The van der Waals surface area contributed by atoms with Gasteiger partial charge in [-0.05, 0) is 15.9 Å². The average molecular weight is 120 g/mol. The molecule has 0 aliphatic heterocycles. The SMILES string of the molecule is C=CNS(=C)(=O)[O-]. The van der Waals surface area contributed by atoms with Gasteiger partial charge < -0.3 is 9.27 Å². The highest BCUT2D eigenvalue weighted by atomic mass is 32.2. The predicted octanol–water partition coefficient (Wildman–Crippen LogP) is -0.519. The molecular formula is C3H6NO2S-. The molecule has 4 heteroatoms. The molecule has 0 bridgehead atoms. The Labute approximate surface area is 43.0 Å². The minimum atomic E-state index is -3.29. The van der Waals surface area contributed by atoms with Gasteiger partial charge in [-0.2, -0.15) is 0 Å². The van der Waals surface area contributed by atoms with Gasteiger partial charge in [0.05, 0.1) is 0 Å². The van der Waals surface area contributed by atoms with Gasteiger partial charge >= 0.3 is 0 Å². The molecule has 7 heavy (non-hydrogen) atoms. The van der Waals surface area contributed by atoms with Gasteiger partial charge in [-0.25, -0.2) is 0 Å². The van der Waals surface area contributed by atoms with Gasteiger partial charge in [0.1, 0.15) is 0 Å². The van der Waals surface area contributed by atoms with Gasteiger partial charge in [0, 0.05) is 6.20 Å². The standard InChI is InChI=1S/C3H7NO2S/c1-3-4-7(2,5)6/h3H,1-2H2,(H2,4,5,6)/p-1. The van der Waals surface area contributed by atoms with Crippen molar-refractivity contribution >= 4 is 15.9 Å². The lowest BCUT2D eigenvalue weighted by atomic mass is 11.1. The van der Waals surface area contributed by atoms with Crippen LogP contribution in [-0.2, 0) is 9.99 Å². The average Bonchev–Trinajstić information content (AvgIpc) is 1.30. The summed E-state index contributed by atoms with van der Waals surface area (Å²) in [4.78, 5) is 0. The third kappa shape index (κ3) is 5.52. The van der Waals surface area contributed by atoms with E-state index in [1.54, 1.807) is 0 Å². The van der Waals surface area contributed by atoms with Crippen LogP contribution in [-0.4, -0.2) is 14.6 Å². The smallest absolute Gasteiger partial charge is 0.000735 e. The van der Waals surface area contributed by atoms with Crippen molar-refractivity contribution in [1.82, 2.24) is 4.72 Å². The largest absolute Gasteiger partial charge is 0.762 e. The maximum atomic E-state index is 9.94. The second-order valence-corrected chi connectivity index (χ2v) is 2.40. The van der Waals surface area contributed by atoms with Gasteiger partial charge in [0.15, 0.2) is 0 Å². The Hall–Kier alpha value is -0.480. The van der Waals surface area contributed by atoms with Crippen molar-refractivity contribution in [2.24, 2.45) is 0 Å². The molecule has 0 heterocycles. The van der Waals surface area contributed by atoms with E-state index in [1.165, 1.54) is 0 Å². The molecule has 0 aromatic carbocycles. The summed E-state index contributed by atoms with van der Waals surface area (Å²) in [5, 5.41) is 0. The van der Waals surface area contributed by atoms with Crippen molar-refractivity contribution < 1.29 is 8.76 Å². The highest BCUT2D eigenvalue weighted by molar-refractivity contribution is 7.93. The second kappa shape index (κ2) is 1.99. The quantitative estimate of drug-likeness (QED) is 0.498. The van der Waals surface area contributed by atoms with Crippen LogP contribution in [0, 0.1) is 0 Å². The number of nitrogens with one attached hydrogen (secondary N) is 1. The summed E-state index contributed by atoms with van der Waals surface area (Å²) in [6.45, 7) is 3.12. The van der Waals surface area contributed by atoms with E-state index in [0.29, 0.717) is 0 Å². The van der Waals surface area contributed by atoms with Gasteiger partial charge in [0.2, 0.25) is 0 Å². The Bertz CT molecular complexity index is 146. The van der Waals surface area contributed by atoms with Gasteiger partial charge in [-0.15, -0.1) is 0 Å². The highest BCUT2D eigenvalue weighted by Gasteiger charge is 1.70. The zero-order chi connectivity index (χ0) is 5.91. The van der Waals surface area contributed by atoms with Gasteiger partial charge in [-0.3, -0.25) is 4.21 Å². The Kier molecular flexibility index (Phi) is 1.86. The number of hydrogen-bond donors (Lipinski definition) is 1. The fraction of sp³-hybridized carbons (Fsp3) is 0. The first-order valence-electron chi connectivity index (χ1n) is 1.52. The second-order valence-electron chi connectivity index (χ2n) is 0.937. The minimum absolute atomic E-state index is 1.06. The number of hydrogen-bond acceptors (Lipinski definition) is 2. The molecule has 0 radical (unpaired) electrons. The van der Waals surface area contributed by atoms with E-state index >= 15 is 0 Å². The van der Waals surface area contributed by atoms with Crippen molar-refractivity contribution in [3.05, 3.63) is 12.8 Å². The number of rotatable bonds is 2.